The lowest BCUT2D eigenvalue weighted by Gasteiger charge is -2.34. The van der Waals surface area contributed by atoms with Gasteiger partial charge in [0.15, 0.2) is 0 Å². The van der Waals surface area contributed by atoms with E-state index in [1.165, 1.54) is 3.57 Å². The third-order valence-electron chi connectivity index (χ3n) is 3.80. The fraction of sp³-hybridized carbons (Fsp3) is 0.533. The van der Waals surface area contributed by atoms with Gasteiger partial charge in [0.2, 0.25) is 5.91 Å². The second-order valence-electron chi connectivity index (χ2n) is 5.41. The Bertz CT molecular complexity index is 448. The van der Waals surface area contributed by atoms with Crippen molar-refractivity contribution in [3.8, 4) is 0 Å². The third-order valence-corrected chi connectivity index (χ3v) is 4.47. The Kier molecular flexibility index (Phi) is 5.21. The minimum Gasteiger partial charge on any atom is -0.342 e. The first kappa shape index (κ1) is 14.8. The first-order valence-corrected chi connectivity index (χ1v) is 7.92. The van der Waals surface area contributed by atoms with E-state index in [0.717, 1.165) is 31.5 Å². The highest BCUT2D eigenvalue weighted by molar-refractivity contribution is 14.1. The molecule has 1 heterocycles. The van der Waals surface area contributed by atoms with E-state index >= 15 is 0 Å². The lowest BCUT2D eigenvalue weighted by atomic mass is 9.92. The number of rotatable bonds is 3. The van der Waals surface area contributed by atoms with Crippen LogP contribution in [0.1, 0.15) is 25.3 Å². The summed E-state index contributed by atoms with van der Waals surface area (Å²) < 4.78 is 1.18. The van der Waals surface area contributed by atoms with E-state index in [9.17, 15) is 4.79 Å². The van der Waals surface area contributed by atoms with Crippen LogP contribution in [0.4, 0.5) is 0 Å². The molecule has 0 saturated carbocycles. The highest BCUT2D eigenvalue weighted by Gasteiger charge is 2.25. The van der Waals surface area contributed by atoms with Gasteiger partial charge in [-0.15, -0.1) is 0 Å². The van der Waals surface area contributed by atoms with Crippen LogP contribution < -0.4 is 5.73 Å². The fourth-order valence-corrected chi connectivity index (χ4v) is 3.21. The van der Waals surface area contributed by atoms with Gasteiger partial charge in [-0.1, -0.05) is 12.1 Å². The number of nitrogens with zero attached hydrogens (tertiary/aromatic N) is 1. The highest BCUT2D eigenvalue weighted by Crippen LogP contribution is 2.19. The summed E-state index contributed by atoms with van der Waals surface area (Å²) in [5.41, 5.74) is 7.06. The SMILES string of the molecule is CC(N)C1CCCN(C(=O)Cc2cccc(I)c2)C1. The summed E-state index contributed by atoms with van der Waals surface area (Å²) in [6.45, 7) is 3.74. The van der Waals surface area contributed by atoms with Gasteiger partial charge in [-0.3, -0.25) is 4.79 Å². The van der Waals surface area contributed by atoms with E-state index < -0.39 is 0 Å². The second kappa shape index (κ2) is 6.70. The van der Waals surface area contributed by atoms with E-state index in [0.29, 0.717) is 12.3 Å². The average molecular weight is 372 g/mol. The van der Waals surface area contributed by atoms with Crippen molar-refractivity contribution in [1.82, 2.24) is 4.90 Å². The van der Waals surface area contributed by atoms with Crippen molar-refractivity contribution in [1.29, 1.82) is 0 Å². The van der Waals surface area contributed by atoms with Crippen molar-refractivity contribution in [2.75, 3.05) is 13.1 Å². The zero-order valence-electron chi connectivity index (χ0n) is 11.3. The van der Waals surface area contributed by atoms with Crippen LogP contribution >= 0.6 is 22.6 Å². The van der Waals surface area contributed by atoms with Crippen molar-refractivity contribution >= 4 is 28.5 Å². The summed E-state index contributed by atoms with van der Waals surface area (Å²) >= 11 is 2.28. The Balaban J connectivity index is 1.96. The van der Waals surface area contributed by atoms with Crippen LogP contribution in [0.2, 0.25) is 0 Å². The highest BCUT2D eigenvalue weighted by atomic mass is 127. The lowest BCUT2D eigenvalue weighted by Crippen LogP contribution is -2.45. The predicted molar refractivity (Wildman–Crippen MR) is 85.8 cm³/mol. The number of benzene rings is 1. The van der Waals surface area contributed by atoms with E-state index in [1.54, 1.807) is 0 Å². The number of hydrogen-bond donors (Lipinski definition) is 1. The van der Waals surface area contributed by atoms with Gasteiger partial charge in [0.1, 0.15) is 0 Å². The van der Waals surface area contributed by atoms with Crippen molar-refractivity contribution in [2.45, 2.75) is 32.2 Å². The largest absolute Gasteiger partial charge is 0.342 e. The monoisotopic (exact) mass is 372 g/mol. The molecule has 1 saturated heterocycles. The molecule has 4 heteroatoms. The molecule has 0 radical (unpaired) electrons. The molecule has 0 aromatic heterocycles. The van der Waals surface area contributed by atoms with Gasteiger partial charge < -0.3 is 10.6 Å². The number of carbonyl (C=O) groups is 1. The fourth-order valence-electron chi connectivity index (χ4n) is 2.60. The van der Waals surface area contributed by atoms with Crippen LogP contribution in [0.3, 0.4) is 0 Å². The zero-order chi connectivity index (χ0) is 13.8. The Morgan fingerprint density at radius 3 is 3.05 bits per heavy atom. The van der Waals surface area contributed by atoms with Crippen LogP contribution in [-0.4, -0.2) is 29.9 Å². The maximum absolute atomic E-state index is 12.3. The van der Waals surface area contributed by atoms with Gasteiger partial charge >= 0.3 is 0 Å². The molecule has 2 atom stereocenters. The van der Waals surface area contributed by atoms with Gasteiger partial charge in [0, 0.05) is 22.7 Å². The number of amides is 1. The standard InChI is InChI=1S/C15H21IN2O/c1-11(17)13-5-3-7-18(10-13)15(19)9-12-4-2-6-14(16)8-12/h2,4,6,8,11,13H,3,5,7,9-10,17H2,1H3. The number of likely N-dealkylation sites (tertiary alicyclic amines) is 1. The normalized spacial score (nSPS) is 21.2. The number of piperidine rings is 1. The topological polar surface area (TPSA) is 46.3 Å². The molecule has 1 aromatic rings. The minimum atomic E-state index is 0.174. The van der Waals surface area contributed by atoms with Crippen LogP contribution in [0.5, 0.6) is 0 Å². The van der Waals surface area contributed by atoms with Gasteiger partial charge in [-0.2, -0.15) is 0 Å². The summed E-state index contributed by atoms with van der Waals surface area (Å²) in [6, 6.07) is 8.32. The molecule has 0 bridgehead atoms. The molecular formula is C15H21IN2O. The molecule has 1 fully saturated rings. The Labute approximate surface area is 128 Å². The van der Waals surface area contributed by atoms with Crippen LogP contribution in [0, 0.1) is 9.49 Å². The molecule has 2 rings (SSSR count). The molecule has 0 aliphatic carbocycles. The number of hydrogen-bond acceptors (Lipinski definition) is 2. The van der Waals surface area contributed by atoms with Gasteiger partial charge in [0.25, 0.3) is 0 Å². The average Bonchev–Trinajstić information content (AvgIpc) is 2.39. The van der Waals surface area contributed by atoms with Gasteiger partial charge in [-0.25, -0.2) is 0 Å². The molecule has 19 heavy (non-hydrogen) atoms. The van der Waals surface area contributed by atoms with E-state index in [2.05, 4.69) is 28.7 Å². The van der Waals surface area contributed by atoms with Crippen LogP contribution in [0.15, 0.2) is 24.3 Å². The Morgan fingerprint density at radius 1 is 1.58 bits per heavy atom. The molecule has 1 aliphatic heterocycles. The predicted octanol–water partition coefficient (Wildman–Crippen LogP) is 2.42. The minimum absolute atomic E-state index is 0.174. The summed E-state index contributed by atoms with van der Waals surface area (Å²) in [5.74, 6) is 0.681. The molecule has 2 unspecified atom stereocenters. The quantitative estimate of drug-likeness (QED) is 0.829. The summed E-state index contributed by atoms with van der Waals surface area (Å²) in [6.07, 6.45) is 2.72. The van der Waals surface area contributed by atoms with Crippen molar-refractivity contribution in [3.05, 3.63) is 33.4 Å². The van der Waals surface area contributed by atoms with Crippen molar-refractivity contribution in [3.63, 3.8) is 0 Å². The molecule has 1 aliphatic rings. The third kappa shape index (κ3) is 4.18. The van der Waals surface area contributed by atoms with Crippen LogP contribution in [-0.2, 0) is 11.2 Å². The molecule has 1 aromatic carbocycles. The maximum Gasteiger partial charge on any atom is 0.227 e. The first-order chi connectivity index (χ1) is 9.06. The van der Waals surface area contributed by atoms with E-state index in [-0.39, 0.29) is 11.9 Å². The molecular weight excluding hydrogens is 351 g/mol. The smallest absolute Gasteiger partial charge is 0.227 e. The van der Waals surface area contributed by atoms with E-state index in [1.807, 2.05) is 30.0 Å². The summed E-state index contributed by atoms with van der Waals surface area (Å²) in [4.78, 5) is 14.3. The van der Waals surface area contributed by atoms with Crippen LogP contribution in [0.25, 0.3) is 0 Å². The molecule has 1 amide bonds. The molecule has 3 nitrogen and oxygen atoms in total. The first-order valence-electron chi connectivity index (χ1n) is 6.84. The summed E-state index contributed by atoms with van der Waals surface area (Å²) in [7, 11) is 0. The van der Waals surface area contributed by atoms with Gasteiger partial charge in [-0.05, 0) is 66.0 Å². The summed E-state index contributed by atoms with van der Waals surface area (Å²) in [5, 5.41) is 0. The molecule has 0 spiro atoms. The molecule has 2 N–H and O–H groups in total. The van der Waals surface area contributed by atoms with E-state index in [4.69, 9.17) is 5.73 Å². The zero-order valence-corrected chi connectivity index (χ0v) is 13.5. The number of halogens is 1. The Hall–Kier alpha value is -0.620. The lowest BCUT2D eigenvalue weighted by molar-refractivity contribution is -0.132. The number of carbonyl (C=O) groups excluding carboxylic acids is 1. The number of nitrogens with two attached hydrogens (primary N) is 1. The molecule has 104 valence electrons. The Morgan fingerprint density at radius 2 is 2.37 bits per heavy atom. The second-order valence-corrected chi connectivity index (χ2v) is 6.65. The maximum atomic E-state index is 12.3. The van der Waals surface area contributed by atoms with Crippen molar-refractivity contribution < 1.29 is 4.79 Å². The van der Waals surface area contributed by atoms with Crippen molar-refractivity contribution in [2.24, 2.45) is 11.7 Å². The van der Waals surface area contributed by atoms with Gasteiger partial charge in [0.05, 0.1) is 6.42 Å².